The van der Waals surface area contributed by atoms with Gasteiger partial charge in [0.25, 0.3) is 5.91 Å². The van der Waals surface area contributed by atoms with Crippen molar-refractivity contribution in [1.29, 1.82) is 0 Å². The number of sulfone groups is 1. The molecule has 0 radical (unpaired) electrons. The van der Waals surface area contributed by atoms with Gasteiger partial charge in [0.15, 0.2) is 27.9 Å². The van der Waals surface area contributed by atoms with Gasteiger partial charge in [0, 0.05) is 12.1 Å². The number of carbonyl (C=O) groups excluding carboxylic acids is 2. The number of hydrogen-bond donors (Lipinski definition) is 0. The molecular weight excluding hydrogens is 458 g/mol. The van der Waals surface area contributed by atoms with Crippen LogP contribution in [0.4, 0.5) is 0 Å². The van der Waals surface area contributed by atoms with Crippen molar-refractivity contribution in [2.45, 2.75) is 77.3 Å². The summed E-state index contributed by atoms with van der Waals surface area (Å²) in [5, 5.41) is 0. The monoisotopic (exact) mass is 495 g/mol. The Labute approximate surface area is 202 Å². The first-order valence-corrected chi connectivity index (χ1v) is 14.2. The SMILES string of the molecule is CCCCOc1ccc(C(=O)OCC(=O)N(C2CCCCC2)C2CCS(=O)(=O)C2)cc1OCC. The van der Waals surface area contributed by atoms with E-state index in [-0.39, 0.29) is 35.1 Å². The summed E-state index contributed by atoms with van der Waals surface area (Å²) >= 11 is 0. The molecule has 0 aromatic heterocycles. The number of rotatable bonds is 11. The molecule has 1 aliphatic carbocycles. The van der Waals surface area contributed by atoms with Crippen molar-refractivity contribution in [2.24, 2.45) is 0 Å². The standard InChI is InChI=1S/C25H37NO7S/c1-3-5-14-32-22-12-11-19(16-23(22)31-4-2)25(28)33-17-24(27)26(20-9-7-6-8-10-20)21-13-15-34(29,30)18-21/h11-12,16,20-21H,3-10,13-15,17-18H2,1-2H3. The van der Waals surface area contributed by atoms with Gasteiger partial charge >= 0.3 is 5.97 Å². The quantitative estimate of drug-likeness (QED) is 0.340. The summed E-state index contributed by atoms with van der Waals surface area (Å²) in [4.78, 5) is 27.6. The Morgan fingerprint density at radius 2 is 1.76 bits per heavy atom. The highest BCUT2D eigenvalue weighted by molar-refractivity contribution is 7.91. The van der Waals surface area contributed by atoms with Gasteiger partial charge in [-0.1, -0.05) is 32.6 Å². The summed E-state index contributed by atoms with van der Waals surface area (Å²) in [5.41, 5.74) is 0.270. The van der Waals surface area contributed by atoms with Crippen molar-refractivity contribution in [3.05, 3.63) is 23.8 Å². The van der Waals surface area contributed by atoms with E-state index in [0.717, 1.165) is 44.9 Å². The molecule has 1 aromatic carbocycles. The van der Waals surface area contributed by atoms with E-state index in [4.69, 9.17) is 14.2 Å². The Balaban J connectivity index is 1.66. The number of benzene rings is 1. The summed E-state index contributed by atoms with van der Waals surface area (Å²) in [6, 6.07) is 4.50. The molecule has 1 saturated carbocycles. The fourth-order valence-electron chi connectivity index (χ4n) is 4.69. The van der Waals surface area contributed by atoms with Crippen LogP contribution in [0.15, 0.2) is 18.2 Å². The molecule has 1 saturated heterocycles. The number of ether oxygens (including phenoxy) is 3. The van der Waals surface area contributed by atoms with Crippen LogP contribution in [0, 0.1) is 0 Å². The zero-order valence-corrected chi connectivity index (χ0v) is 21.1. The number of hydrogen-bond acceptors (Lipinski definition) is 7. The molecule has 9 heteroatoms. The Morgan fingerprint density at radius 1 is 1.00 bits per heavy atom. The third-order valence-electron chi connectivity index (χ3n) is 6.42. The number of nitrogens with zero attached hydrogens (tertiary/aromatic N) is 1. The first-order valence-electron chi connectivity index (χ1n) is 12.4. The van der Waals surface area contributed by atoms with Crippen LogP contribution in [0.2, 0.25) is 0 Å². The molecule has 1 amide bonds. The molecule has 0 N–H and O–H groups in total. The Hall–Kier alpha value is -2.29. The Bertz CT molecular complexity index is 941. The smallest absolute Gasteiger partial charge is 0.338 e. The van der Waals surface area contributed by atoms with Gasteiger partial charge < -0.3 is 19.1 Å². The van der Waals surface area contributed by atoms with Crippen molar-refractivity contribution >= 4 is 21.7 Å². The lowest BCUT2D eigenvalue weighted by atomic mass is 9.93. The third-order valence-corrected chi connectivity index (χ3v) is 8.17. The fourth-order valence-corrected chi connectivity index (χ4v) is 6.40. The molecule has 2 fully saturated rings. The van der Waals surface area contributed by atoms with E-state index in [1.807, 2.05) is 6.92 Å². The average Bonchev–Trinajstić information content (AvgIpc) is 3.18. The summed E-state index contributed by atoms with van der Waals surface area (Å²) in [5.74, 6) is 0.151. The Kier molecular flexibility index (Phi) is 9.62. The minimum atomic E-state index is -3.14. The van der Waals surface area contributed by atoms with E-state index >= 15 is 0 Å². The molecule has 190 valence electrons. The third kappa shape index (κ3) is 7.10. The Morgan fingerprint density at radius 3 is 2.41 bits per heavy atom. The lowest BCUT2D eigenvalue weighted by molar-refractivity contribution is -0.140. The van der Waals surface area contributed by atoms with Gasteiger partial charge in [-0.25, -0.2) is 13.2 Å². The van der Waals surface area contributed by atoms with E-state index in [2.05, 4.69) is 6.92 Å². The van der Waals surface area contributed by atoms with Gasteiger partial charge in [-0.15, -0.1) is 0 Å². The van der Waals surface area contributed by atoms with Crippen LogP contribution >= 0.6 is 0 Å². The van der Waals surface area contributed by atoms with Gasteiger partial charge in [0.2, 0.25) is 0 Å². The predicted octanol–water partition coefficient (Wildman–Crippen LogP) is 3.77. The maximum absolute atomic E-state index is 13.2. The van der Waals surface area contributed by atoms with E-state index in [0.29, 0.717) is 31.1 Å². The van der Waals surface area contributed by atoms with Gasteiger partial charge in [-0.3, -0.25) is 4.79 Å². The number of carbonyl (C=O) groups is 2. The maximum atomic E-state index is 13.2. The first-order chi connectivity index (χ1) is 16.3. The van der Waals surface area contributed by atoms with Gasteiger partial charge in [-0.2, -0.15) is 0 Å². The molecule has 8 nitrogen and oxygen atoms in total. The molecule has 0 bridgehead atoms. The van der Waals surface area contributed by atoms with Crippen LogP contribution in [0.3, 0.4) is 0 Å². The van der Waals surface area contributed by atoms with Gasteiger partial charge in [0.1, 0.15) is 0 Å². The van der Waals surface area contributed by atoms with Crippen molar-refractivity contribution in [1.82, 2.24) is 4.90 Å². The average molecular weight is 496 g/mol. The summed E-state index contributed by atoms with van der Waals surface area (Å²) in [6.45, 7) is 4.49. The number of esters is 1. The maximum Gasteiger partial charge on any atom is 0.338 e. The highest BCUT2D eigenvalue weighted by Crippen LogP contribution is 2.30. The van der Waals surface area contributed by atoms with Gasteiger partial charge in [0.05, 0.1) is 30.3 Å². The van der Waals surface area contributed by atoms with Crippen LogP contribution in [-0.4, -0.2) is 68.6 Å². The molecule has 1 atom stereocenters. The molecule has 1 heterocycles. The van der Waals surface area contributed by atoms with Crippen molar-refractivity contribution in [2.75, 3.05) is 31.3 Å². The molecule has 1 aliphatic heterocycles. The van der Waals surface area contributed by atoms with Crippen molar-refractivity contribution in [3.63, 3.8) is 0 Å². The first kappa shape index (κ1) is 26.3. The molecule has 34 heavy (non-hydrogen) atoms. The van der Waals surface area contributed by atoms with Crippen LogP contribution in [-0.2, 0) is 19.4 Å². The number of amides is 1. The zero-order valence-electron chi connectivity index (χ0n) is 20.3. The topological polar surface area (TPSA) is 99.2 Å². The van der Waals surface area contributed by atoms with Crippen LogP contribution in [0.5, 0.6) is 11.5 Å². The second-order valence-corrected chi connectivity index (χ2v) is 11.3. The van der Waals surface area contributed by atoms with E-state index in [1.54, 1.807) is 23.1 Å². The fraction of sp³-hybridized carbons (Fsp3) is 0.680. The van der Waals surface area contributed by atoms with E-state index in [9.17, 15) is 18.0 Å². The lowest BCUT2D eigenvalue weighted by Crippen LogP contribution is -2.50. The minimum Gasteiger partial charge on any atom is -0.490 e. The second-order valence-electron chi connectivity index (χ2n) is 9.02. The lowest BCUT2D eigenvalue weighted by Gasteiger charge is -2.38. The minimum absolute atomic E-state index is 0.00219. The molecule has 2 aliphatic rings. The molecule has 1 unspecified atom stereocenters. The summed E-state index contributed by atoms with van der Waals surface area (Å²) in [6.07, 6.45) is 7.22. The normalized spacial score (nSPS) is 20.0. The highest BCUT2D eigenvalue weighted by Gasteiger charge is 2.38. The molecule has 3 rings (SSSR count). The number of unbranched alkanes of at least 4 members (excludes halogenated alkanes) is 1. The molecule has 1 aromatic rings. The van der Waals surface area contributed by atoms with Gasteiger partial charge in [-0.05, 0) is 50.8 Å². The zero-order chi connectivity index (χ0) is 24.6. The van der Waals surface area contributed by atoms with Crippen molar-refractivity contribution < 1.29 is 32.2 Å². The summed E-state index contributed by atoms with van der Waals surface area (Å²) in [7, 11) is -3.14. The van der Waals surface area contributed by atoms with Crippen LogP contribution in [0.25, 0.3) is 0 Å². The highest BCUT2D eigenvalue weighted by atomic mass is 32.2. The summed E-state index contributed by atoms with van der Waals surface area (Å²) < 4.78 is 40.8. The molecule has 0 spiro atoms. The van der Waals surface area contributed by atoms with Crippen molar-refractivity contribution in [3.8, 4) is 11.5 Å². The van der Waals surface area contributed by atoms with Crippen LogP contribution in [0.1, 0.15) is 75.6 Å². The van der Waals surface area contributed by atoms with E-state index < -0.39 is 22.4 Å². The predicted molar refractivity (Wildman–Crippen MR) is 129 cm³/mol. The van der Waals surface area contributed by atoms with E-state index in [1.165, 1.54) is 0 Å². The molecular formula is C25H37NO7S. The second kappa shape index (κ2) is 12.4. The largest absolute Gasteiger partial charge is 0.490 e. The van der Waals surface area contributed by atoms with Crippen LogP contribution < -0.4 is 9.47 Å².